The number of aromatic nitrogens is 1. The molecule has 1 saturated heterocycles. The van der Waals surface area contributed by atoms with Crippen LogP contribution in [-0.2, 0) is 19.8 Å². The molecule has 2 N–H and O–H groups in total. The monoisotopic (exact) mass is 588 g/mol. The maximum Gasteiger partial charge on any atom is 0.416 e. The molecule has 9 heteroatoms. The number of rotatable bonds is 7. The largest absolute Gasteiger partial charge is 0.416 e. The molecule has 0 unspecified atom stereocenters. The van der Waals surface area contributed by atoms with Crippen molar-refractivity contribution in [1.82, 2.24) is 9.88 Å². The van der Waals surface area contributed by atoms with Crippen molar-refractivity contribution in [2.75, 3.05) is 23.3 Å². The third-order valence-corrected chi connectivity index (χ3v) is 8.06. The van der Waals surface area contributed by atoms with Crippen molar-refractivity contribution in [2.24, 2.45) is 12.5 Å². The van der Waals surface area contributed by atoms with Crippen LogP contribution < -0.4 is 15.5 Å². The molecule has 0 radical (unpaired) electrons. The Labute approximate surface area is 249 Å². The number of nitrogens with one attached hydrogen (secondary N) is 2. The van der Waals surface area contributed by atoms with Gasteiger partial charge in [-0.25, -0.2) is 0 Å². The van der Waals surface area contributed by atoms with Crippen LogP contribution in [0.25, 0.3) is 11.1 Å². The van der Waals surface area contributed by atoms with Crippen molar-refractivity contribution in [3.63, 3.8) is 0 Å². The second-order valence-electron chi connectivity index (χ2n) is 11.8. The van der Waals surface area contributed by atoms with Crippen LogP contribution in [0.2, 0.25) is 0 Å². The number of carbonyl (C=O) groups excluding carboxylic acids is 2. The van der Waals surface area contributed by atoms with E-state index in [1.165, 1.54) is 17.8 Å². The number of hydrogen-bond donors (Lipinski definition) is 2. The van der Waals surface area contributed by atoms with Crippen molar-refractivity contribution in [3.05, 3.63) is 107 Å². The lowest BCUT2D eigenvalue weighted by Gasteiger charge is -2.38. The first kappa shape index (κ1) is 29.9. The number of anilines is 2. The fourth-order valence-electron chi connectivity index (χ4n) is 5.30. The van der Waals surface area contributed by atoms with E-state index in [1.54, 1.807) is 48.1 Å². The van der Waals surface area contributed by atoms with Gasteiger partial charge in [0, 0.05) is 44.1 Å². The summed E-state index contributed by atoms with van der Waals surface area (Å²) in [6.07, 6.45) is -0.477. The highest BCUT2D eigenvalue weighted by molar-refractivity contribution is 6.09. The summed E-state index contributed by atoms with van der Waals surface area (Å²) in [7, 11) is 1.72. The average Bonchev–Trinajstić information content (AvgIpc) is 3.35. The number of carbonyl (C=O) groups is 2. The van der Waals surface area contributed by atoms with Gasteiger partial charge in [0.15, 0.2) is 0 Å². The Morgan fingerprint density at radius 3 is 2.19 bits per heavy atom. The van der Waals surface area contributed by atoms with Gasteiger partial charge in [-0.1, -0.05) is 56.3 Å². The third-order valence-electron chi connectivity index (χ3n) is 8.06. The molecule has 0 bridgehead atoms. The lowest BCUT2D eigenvalue weighted by atomic mass is 9.82. The smallest absolute Gasteiger partial charge is 0.371 e. The molecule has 4 aromatic rings. The molecule has 0 saturated carbocycles. The number of alkyl halides is 3. The molecule has 3 aromatic carbocycles. The molecule has 1 aliphatic rings. The van der Waals surface area contributed by atoms with E-state index in [9.17, 15) is 22.8 Å². The van der Waals surface area contributed by atoms with Gasteiger partial charge in [-0.2, -0.15) is 13.2 Å². The zero-order valence-electron chi connectivity index (χ0n) is 24.5. The number of amides is 2. The van der Waals surface area contributed by atoms with Gasteiger partial charge in [0.05, 0.1) is 11.3 Å². The summed E-state index contributed by atoms with van der Waals surface area (Å²) in [5, 5.41) is 5.76. The number of hydrogen-bond acceptors (Lipinski definition) is 3. The highest BCUT2D eigenvalue weighted by Crippen LogP contribution is 2.33. The first-order valence-corrected chi connectivity index (χ1v) is 14.3. The molecule has 224 valence electrons. The van der Waals surface area contributed by atoms with E-state index in [0.29, 0.717) is 40.0 Å². The predicted molar refractivity (Wildman–Crippen MR) is 163 cm³/mol. The molecule has 1 aliphatic heterocycles. The van der Waals surface area contributed by atoms with Crippen LogP contribution in [0.5, 0.6) is 0 Å². The van der Waals surface area contributed by atoms with Gasteiger partial charge in [-0.15, -0.1) is 0 Å². The van der Waals surface area contributed by atoms with Gasteiger partial charge in [0.2, 0.25) is 0 Å². The van der Waals surface area contributed by atoms with Crippen LogP contribution >= 0.6 is 0 Å². The zero-order chi connectivity index (χ0) is 30.8. The SMILES string of the molecule is Cn1cc(NC(=O)c2ccccc2-c2ccc(C(F)(F)F)cc2)cc1C(=O)NCc1ccc(N2CCC(C)(C)CC2)cc1. The summed E-state index contributed by atoms with van der Waals surface area (Å²) >= 11 is 0. The Hall–Kier alpha value is -4.53. The highest BCUT2D eigenvalue weighted by Gasteiger charge is 2.30. The standard InChI is InChI=1S/C34H35F3N4O2/c1-33(2)16-18-41(19-17-33)27-14-8-23(9-15-27)21-38-32(43)30-20-26(22-40(30)3)39-31(42)29-7-5-4-6-28(29)24-10-12-25(13-11-24)34(35,36)37/h4-15,20,22H,16-19,21H2,1-3H3,(H,38,43)(H,39,42). The van der Waals surface area contributed by atoms with E-state index < -0.39 is 17.6 Å². The van der Waals surface area contributed by atoms with Crippen LogP contribution in [0.3, 0.4) is 0 Å². The molecular weight excluding hydrogens is 553 g/mol. The van der Waals surface area contributed by atoms with Crippen LogP contribution in [-0.4, -0.2) is 29.5 Å². The van der Waals surface area contributed by atoms with Crippen LogP contribution in [0.15, 0.2) is 85.1 Å². The minimum Gasteiger partial charge on any atom is -0.371 e. The quantitative estimate of drug-likeness (QED) is 0.235. The van der Waals surface area contributed by atoms with Crippen LogP contribution in [0.4, 0.5) is 24.5 Å². The van der Waals surface area contributed by atoms with E-state index in [4.69, 9.17) is 0 Å². The topological polar surface area (TPSA) is 66.4 Å². The number of halogens is 3. The van der Waals surface area contributed by atoms with Crippen molar-refractivity contribution < 1.29 is 22.8 Å². The Bertz CT molecular complexity index is 1600. The van der Waals surface area contributed by atoms with Crippen molar-refractivity contribution in [2.45, 2.75) is 39.4 Å². The van der Waals surface area contributed by atoms with Crippen LogP contribution in [0, 0.1) is 5.41 Å². The summed E-state index contributed by atoms with van der Waals surface area (Å²) < 4.78 is 40.6. The number of aryl methyl sites for hydroxylation is 1. The molecule has 5 rings (SSSR count). The van der Waals surface area contributed by atoms with E-state index in [-0.39, 0.29) is 5.91 Å². The van der Waals surface area contributed by atoms with Crippen molar-refractivity contribution in [1.29, 1.82) is 0 Å². The van der Waals surface area contributed by atoms with Gasteiger partial charge in [-0.05, 0) is 71.3 Å². The zero-order valence-corrected chi connectivity index (χ0v) is 24.5. The average molecular weight is 589 g/mol. The molecule has 1 aromatic heterocycles. The summed E-state index contributed by atoms with van der Waals surface area (Å²) in [6, 6.07) is 21.2. The lowest BCUT2D eigenvalue weighted by Crippen LogP contribution is -2.37. The highest BCUT2D eigenvalue weighted by atomic mass is 19.4. The first-order valence-electron chi connectivity index (χ1n) is 14.3. The molecule has 2 amide bonds. The molecule has 0 aliphatic carbocycles. The van der Waals surface area contributed by atoms with Gasteiger partial charge in [-0.3, -0.25) is 9.59 Å². The number of piperidine rings is 1. The lowest BCUT2D eigenvalue weighted by molar-refractivity contribution is -0.137. The van der Waals surface area contributed by atoms with Gasteiger partial charge < -0.3 is 20.1 Å². The molecular formula is C34H35F3N4O2. The van der Waals surface area contributed by atoms with E-state index in [1.807, 2.05) is 12.1 Å². The van der Waals surface area contributed by atoms with E-state index >= 15 is 0 Å². The Morgan fingerprint density at radius 2 is 1.53 bits per heavy atom. The molecule has 2 heterocycles. The van der Waals surface area contributed by atoms with Crippen LogP contribution in [0.1, 0.15) is 58.7 Å². The van der Waals surface area contributed by atoms with Gasteiger partial charge in [0.1, 0.15) is 5.69 Å². The minimum absolute atomic E-state index is 0.282. The van der Waals surface area contributed by atoms with E-state index in [2.05, 4.69) is 41.5 Å². The summed E-state index contributed by atoms with van der Waals surface area (Å²) in [4.78, 5) is 28.6. The van der Waals surface area contributed by atoms with E-state index in [0.717, 1.165) is 43.6 Å². The second-order valence-corrected chi connectivity index (χ2v) is 11.8. The summed E-state index contributed by atoms with van der Waals surface area (Å²) in [6.45, 7) is 7.06. The molecule has 6 nitrogen and oxygen atoms in total. The minimum atomic E-state index is -4.44. The maximum atomic E-state index is 13.2. The van der Waals surface area contributed by atoms with Gasteiger partial charge >= 0.3 is 6.18 Å². The predicted octanol–water partition coefficient (Wildman–Crippen LogP) is 7.52. The number of nitrogens with zero attached hydrogens (tertiary/aromatic N) is 2. The molecule has 43 heavy (non-hydrogen) atoms. The summed E-state index contributed by atoms with van der Waals surface area (Å²) in [5.74, 6) is -0.721. The Balaban J connectivity index is 1.21. The first-order chi connectivity index (χ1) is 20.4. The van der Waals surface area contributed by atoms with Gasteiger partial charge in [0.25, 0.3) is 11.8 Å². The fraction of sp³-hybridized carbons (Fsp3) is 0.294. The summed E-state index contributed by atoms with van der Waals surface area (Å²) in [5.41, 5.74) is 3.89. The maximum absolute atomic E-state index is 13.2. The molecule has 0 atom stereocenters. The Kier molecular flexibility index (Phi) is 8.35. The Morgan fingerprint density at radius 1 is 0.884 bits per heavy atom. The van der Waals surface area contributed by atoms with Crippen molar-refractivity contribution in [3.8, 4) is 11.1 Å². The normalized spacial score (nSPS) is 14.8. The second kappa shape index (κ2) is 12.0. The molecule has 1 fully saturated rings. The number of benzene rings is 3. The van der Waals surface area contributed by atoms with Crippen molar-refractivity contribution >= 4 is 23.2 Å². The fourth-order valence-corrected chi connectivity index (χ4v) is 5.30. The third kappa shape index (κ3) is 7.10. The molecule has 0 spiro atoms.